The number of morpholine rings is 1. The molecule has 128 valence electrons. The first-order valence-electron chi connectivity index (χ1n) is 7.20. The average molecular weight is 369 g/mol. The number of rotatable bonds is 5. The zero-order chi connectivity index (χ0) is 17.1. The van der Waals surface area contributed by atoms with Crippen LogP contribution in [-0.4, -0.2) is 62.8 Å². The molecule has 10 heteroatoms. The van der Waals surface area contributed by atoms with Crippen molar-refractivity contribution in [1.29, 1.82) is 0 Å². The molecule has 1 unspecified atom stereocenters. The highest BCUT2D eigenvalue weighted by Crippen LogP contribution is 2.15. The topological polar surface area (TPSA) is 101 Å². The fraction of sp³-hybridized carbons (Fsp3) is 0.429. The molecule has 3 heterocycles. The highest BCUT2D eigenvalue weighted by molar-refractivity contribution is 7.99. The number of thioether (sulfide) groups is 1. The molecule has 0 saturated carbocycles. The first-order chi connectivity index (χ1) is 11.6. The van der Waals surface area contributed by atoms with Crippen molar-refractivity contribution in [2.45, 2.75) is 11.8 Å². The number of aliphatic carboxylic acids is 1. The maximum Gasteiger partial charge on any atom is 0.328 e. The Hall–Kier alpha value is -1.91. The molecule has 1 amide bonds. The van der Waals surface area contributed by atoms with Crippen LogP contribution in [0, 0.1) is 0 Å². The van der Waals surface area contributed by atoms with Crippen LogP contribution in [0.25, 0.3) is 4.96 Å². The number of aromatic nitrogens is 2. The first-order valence-corrected chi connectivity index (χ1v) is 9.23. The Balaban J connectivity index is 1.59. The third-order valence-electron chi connectivity index (χ3n) is 3.57. The van der Waals surface area contributed by atoms with E-state index in [0.717, 1.165) is 0 Å². The number of ether oxygens (including phenoxy) is 1. The van der Waals surface area contributed by atoms with Gasteiger partial charge in [0, 0.05) is 29.9 Å². The van der Waals surface area contributed by atoms with Crippen molar-refractivity contribution in [2.24, 2.45) is 0 Å². The summed E-state index contributed by atoms with van der Waals surface area (Å²) in [6, 6.07) is 0.517. The number of amides is 1. The Morgan fingerprint density at radius 1 is 1.50 bits per heavy atom. The fourth-order valence-corrected chi connectivity index (χ4v) is 3.93. The van der Waals surface area contributed by atoms with Crippen LogP contribution in [0.4, 0.5) is 0 Å². The van der Waals surface area contributed by atoms with E-state index in [1.54, 1.807) is 11.6 Å². The second-order valence-corrected chi connectivity index (χ2v) is 7.01. The zero-order valence-corrected chi connectivity index (χ0v) is 14.2. The lowest BCUT2D eigenvalue weighted by molar-refractivity contribution is -0.157. The van der Waals surface area contributed by atoms with Crippen molar-refractivity contribution in [3.05, 3.63) is 33.7 Å². The lowest BCUT2D eigenvalue weighted by Gasteiger charge is -2.32. The van der Waals surface area contributed by atoms with Gasteiger partial charge in [-0.25, -0.2) is 9.78 Å². The molecule has 1 atom stereocenters. The molecule has 3 rings (SSSR count). The van der Waals surface area contributed by atoms with Crippen LogP contribution >= 0.6 is 23.1 Å². The van der Waals surface area contributed by atoms with E-state index in [9.17, 15) is 14.4 Å². The number of carbonyl (C=O) groups is 2. The number of carboxylic acids is 1. The van der Waals surface area contributed by atoms with Gasteiger partial charge in [-0.15, -0.1) is 23.1 Å². The Bertz CT molecular complexity index is 818. The Morgan fingerprint density at radius 3 is 3.12 bits per heavy atom. The standard InChI is InChI=1S/C14H15N3O5S2/c18-11-5-9(15-14-17(11)2-4-24-14)7-23-8-12(19)16-1-3-22-6-10(16)13(20)21/h2,4-5,10H,1,3,6-8H2,(H,20,21). The molecule has 1 N–H and O–H groups in total. The van der Waals surface area contributed by atoms with Crippen molar-refractivity contribution in [1.82, 2.24) is 14.3 Å². The summed E-state index contributed by atoms with van der Waals surface area (Å²) in [6.45, 7) is 0.629. The van der Waals surface area contributed by atoms with Gasteiger partial charge in [-0.1, -0.05) is 0 Å². The maximum absolute atomic E-state index is 12.2. The van der Waals surface area contributed by atoms with Gasteiger partial charge in [0.2, 0.25) is 5.91 Å². The molecule has 0 aliphatic carbocycles. The van der Waals surface area contributed by atoms with Crippen LogP contribution in [-0.2, 0) is 20.1 Å². The number of thiazole rings is 1. The summed E-state index contributed by atoms with van der Waals surface area (Å²) >= 11 is 2.68. The highest BCUT2D eigenvalue weighted by Gasteiger charge is 2.32. The largest absolute Gasteiger partial charge is 0.480 e. The Kier molecular flexibility index (Phi) is 5.17. The van der Waals surface area contributed by atoms with Crippen LogP contribution in [0.15, 0.2) is 22.4 Å². The summed E-state index contributed by atoms with van der Waals surface area (Å²) < 4.78 is 6.58. The predicted octanol–water partition coefficient (Wildman–Crippen LogP) is 0.301. The number of nitrogens with zero attached hydrogens (tertiary/aromatic N) is 3. The molecule has 1 aliphatic rings. The lowest BCUT2D eigenvalue weighted by Crippen LogP contribution is -2.53. The molecule has 0 radical (unpaired) electrons. The second kappa shape index (κ2) is 7.32. The molecule has 0 aromatic carbocycles. The van der Waals surface area contributed by atoms with E-state index in [1.807, 2.05) is 0 Å². The minimum absolute atomic E-state index is 0.0130. The molecule has 0 spiro atoms. The molecule has 2 aromatic heterocycles. The van der Waals surface area contributed by atoms with Crippen molar-refractivity contribution in [2.75, 3.05) is 25.5 Å². The third kappa shape index (κ3) is 3.60. The third-order valence-corrected chi connectivity index (χ3v) is 5.27. The summed E-state index contributed by atoms with van der Waals surface area (Å²) in [5.41, 5.74) is 0.458. The van der Waals surface area contributed by atoms with Gasteiger partial charge in [-0.2, -0.15) is 0 Å². The number of hydrogen-bond acceptors (Lipinski definition) is 7. The van der Waals surface area contributed by atoms with Gasteiger partial charge in [0.05, 0.1) is 24.7 Å². The molecule has 8 nitrogen and oxygen atoms in total. The maximum atomic E-state index is 12.2. The van der Waals surface area contributed by atoms with Crippen molar-refractivity contribution in [3.63, 3.8) is 0 Å². The Labute approximate surface area is 145 Å². The van der Waals surface area contributed by atoms with Gasteiger partial charge in [0.1, 0.15) is 0 Å². The predicted molar refractivity (Wildman–Crippen MR) is 89.5 cm³/mol. The molecular weight excluding hydrogens is 354 g/mol. The summed E-state index contributed by atoms with van der Waals surface area (Å²) in [5, 5.41) is 10.9. The van der Waals surface area contributed by atoms with Gasteiger partial charge in [0.25, 0.3) is 5.56 Å². The summed E-state index contributed by atoms with van der Waals surface area (Å²) in [4.78, 5) is 41.6. The Morgan fingerprint density at radius 2 is 2.33 bits per heavy atom. The average Bonchev–Trinajstić information content (AvgIpc) is 3.04. The van der Waals surface area contributed by atoms with Crippen molar-refractivity contribution in [3.8, 4) is 0 Å². The van der Waals surface area contributed by atoms with E-state index in [1.165, 1.54) is 38.5 Å². The smallest absolute Gasteiger partial charge is 0.328 e. The van der Waals surface area contributed by atoms with Crippen LogP contribution in [0.5, 0.6) is 0 Å². The van der Waals surface area contributed by atoms with Crippen molar-refractivity contribution < 1.29 is 19.4 Å². The SMILES string of the molecule is O=C(O)C1COCCN1C(=O)CSCc1cc(=O)n2ccsc2n1. The van der Waals surface area contributed by atoms with E-state index in [0.29, 0.717) is 23.0 Å². The van der Waals surface area contributed by atoms with Crippen LogP contribution in [0.1, 0.15) is 5.69 Å². The number of carbonyl (C=O) groups excluding carboxylic acids is 1. The molecule has 1 saturated heterocycles. The number of hydrogen-bond donors (Lipinski definition) is 1. The first kappa shape index (κ1) is 16.9. The molecular formula is C14H15N3O5S2. The minimum atomic E-state index is -1.06. The van der Waals surface area contributed by atoms with Gasteiger partial charge in [-0.05, 0) is 0 Å². The summed E-state index contributed by atoms with van der Waals surface area (Å²) in [6.07, 6.45) is 1.67. The van der Waals surface area contributed by atoms with Crippen LogP contribution in [0.3, 0.4) is 0 Å². The number of carboxylic acid groups (broad SMARTS) is 1. The summed E-state index contributed by atoms with van der Waals surface area (Å²) in [5.74, 6) is -0.761. The molecule has 1 fully saturated rings. The van der Waals surface area contributed by atoms with Crippen molar-refractivity contribution >= 4 is 39.9 Å². The monoisotopic (exact) mass is 369 g/mol. The van der Waals surface area contributed by atoms with Crippen LogP contribution < -0.4 is 5.56 Å². The quantitative estimate of drug-likeness (QED) is 0.809. The summed E-state index contributed by atoms with van der Waals surface area (Å²) in [7, 11) is 0. The van der Waals surface area contributed by atoms with Gasteiger partial charge in [0.15, 0.2) is 11.0 Å². The van der Waals surface area contributed by atoms with Gasteiger partial charge in [-0.3, -0.25) is 14.0 Å². The molecule has 24 heavy (non-hydrogen) atoms. The van der Waals surface area contributed by atoms with E-state index in [-0.39, 0.29) is 30.4 Å². The molecule has 2 aromatic rings. The number of fused-ring (bicyclic) bond motifs is 1. The van der Waals surface area contributed by atoms with E-state index in [2.05, 4.69) is 4.98 Å². The second-order valence-electron chi connectivity index (χ2n) is 5.15. The van der Waals surface area contributed by atoms with Gasteiger partial charge < -0.3 is 14.7 Å². The fourth-order valence-electron chi connectivity index (χ4n) is 2.39. The molecule has 1 aliphatic heterocycles. The van der Waals surface area contributed by atoms with E-state index < -0.39 is 12.0 Å². The van der Waals surface area contributed by atoms with Crippen LogP contribution in [0.2, 0.25) is 0 Å². The highest BCUT2D eigenvalue weighted by atomic mass is 32.2. The van der Waals surface area contributed by atoms with E-state index >= 15 is 0 Å². The molecule has 0 bridgehead atoms. The normalized spacial score (nSPS) is 18.0. The minimum Gasteiger partial charge on any atom is -0.480 e. The van der Waals surface area contributed by atoms with Gasteiger partial charge >= 0.3 is 5.97 Å². The van der Waals surface area contributed by atoms with E-state index in [4.69, 9.17) is 9.84 Å². The zero-order valence-electron chi connectivity index (χ0n) is 12.6. The lowest BCUT2D eigenvalue weighted by atomic mass is 10.2.